The number of rotatable bonds is 8. The first-order valence-electron chi connectivity index (χ1n) is 8.95. The second-order valence-corrected chi connectivity index (χ2v) is 8.05. The fourth-order valence-corrected chi connectivity index (χ4v) is 4.33. The molecule has 0 aliphatic carbocycles. The van der Waals surface area contributed by atoms with Crippen molar-refractivity contribution in [3.63, 3.8) is 0 Å². The molecule has 1 aromatic carbocycles. The van der Waals surface area contributed by atoms with Crippen molar-refractivity contribution < 1.29 is 27.5 Å². The first kappa shape index (κ1) is 22.3. The fraction of sp³-hybridized carbons (Fsp3) is 0.316. The zero-order chi connectivity index (χ0) is 21.6. The number of sulfonamides is 1. The topological polar surface area (TPSA) is 120 Å². The van der Waals surface area contributed by atoms with Crippen LogP contribution in [0.25, 0.3) is 0 Å². The molecule has 0 fully saturated rings. The summed E-state index contributed by atoms with van der Waals surface area (Å²) >= 11 is 0. The van der Waals surface area contributed by atoms with Crippen LogP contribution in [-0.4, -0.2) is 44.3 Å². The van der Waals surface area contributed by atoms with Crippen molar-refractivity contribution in [1.29, 1.82) is 0 Å². The number of carbonyl (C=O) groups is 2. The lowest BCUT2D eigenvalue weighted by Gasteiger charge is -2.20. The highest BCUT2D eigenvalue weighted by atomic mass is 32.2. The van der Waals surface area contributed by atoms with Gasteiger partial charge < -0.3 is 15.3 Å². The third-order valence-corrected chi connectivity index (χ3v) is 6.36. The highest BCUT2D eigenvalue weighted by Gasteiger charge is 2.24. The quantitative estimate of drug-likeness (QED) is 0.391. The first-order chi connectivity index (χ1) is 13.7. The van der Waals surface area contributed by atoms with Crippen LogP contribution in [0.1, 0.15) is 29.8 Å². The van der Waals surface area contributed by atoms with Gasteiger partial charge in [0.1, 0.15) is 0 Å². The second-order valence-electron chi connectivity index (χ2n) is 6.14. The number of benzene rings is 1. The second kappa shape index (κ2) is 9.48. The Morgan fingerprint density at radius 1 is 1.14 bits per heavy atom. The molecule has 1 aromatic heterocycles. The number of aromatic nitrogens is 1. The van der Waals surface area contributed by atoms with E-state index >= 15 is 0 Å². The summed E-state index contributed by atoms with van der Waals surface area (Å²) in [5, 5.41) is 13.5. The van der Waals surface area contributed by atoms with Crippen molar-refractivity contribution in [3.8, 4) is 0 Å². The Balaban J connectivity index is 2.07. The van der Waals surface area contributed by atoms with Gasteiger partial charge in [-0.2, -0.15) is 9.04 Å². The average Bonchev–Trinajstić information content (AvgIpc) is 2.68. The molecule has 1 N–H and O–H groups in total. The Morgan fingerprint density at radius 2 is 1.76 bits per heavy atom. The lowest BCUT2D eigenvalue weighted by molar-refractivity contribution is -0.605. The van der Waals surface area contributed by atoms with E-state index < -0.39 is 28.5 Å². The molecule has 156 valence electrons. The summed E-state index contributed by atoms with van der Waals surface area (Å²) in [5.74, 6) is -1.38. The van der Waals surface area contributed by atoms with Crippen LogP contribution in [0.15, 0.2) is 47.6 Å². The third kappa shape index (κ3) is 5.52. The van der Waals surface area contributed by atoms with Gasteiger partial charge in [0.25, 0.3) is 5.91 Å². The molecule has 0 aliphatic heterocycles. The van der Waals surface area contributed by atoms with E-state index in [1.807, 2.05) is 0 Å². The monoisotopic (exact) mass is 421 g/mol. The van der Waals surface area contributed by atoms with Crippen molar-refractivity contribution in [2.24, 2.45) is 0 Å². The Morgan fingerprint density at radius 3 is 2.34 bits per heavy atom. The van der Waals surface area contributed by atoms with E-state index in [-0.39, 0.29) is 16.1 Å². The molecule has 0 bridgehead atoms. The van der Waals surface area contributed by atoms with Gasteiger partial charge in [0.15, 0.2) is 19.0 Å². The van der Waals surface area contributed by atoms with Crippen LogP contribution in [-0.2, 0) is 19.6 Å². The van der Waals surface area contributed by atoms with E-state index in [2.05, 4.69) is 5.32 Å². The molecule has 1 heterocycles. The fourth-order valence-electron chi connectivity index (χ4n) is 2.62. The summed E-state index contributed by atoms with van der Waals surface area (Å²) in [5.41, 5.74) is 0.961. The highest BCUT2D eigenvalue weighted by molar-refractivity contribution is 7.89. The van der Waals surface area contributed by atoms with E-state index in [0.29, 0.717) is 23.4 Å². The van der Waals surface area contributed by atoms with Gasteiger partial charge in [0.2, 0.25) is 10.0 Å². The lowest BCUT2D eigenvalue weighted by Crippen LogP contribution is -2.31. The summed E-state index contributed by atoms with van der Waals surface area (Å²) in [7, 11) is -3.69. The number of aryl methyl sites for hydroxylation is 1. The number of hydrogen-bond acceptors (Lipinski definition) is 6. The van der Waals surface area contributed by atoms with Crippen LogP contribution in [0.5, 0.6) is 0 Å². The van der Waals surface area contributed by atoms with E-state index in [1.165, 1.54) is 22.5 Å². The zero-order valence-corrected chi connectivity index (χ0v) is 17.2. The summed E-state index contributed by atoms with van der Waals surface area (Å²) in [4.78, 5) is 24.1. The van der Waals surface area contributed by atoms with Crippen molar-refractivity contribution in [3.05, 3.63) is 59.1 Å². The molecule has 0 aliphatic rings. The maximum atomic E-state index is 12.8. The number of pyridine rings is 1. The summed E-state index contributed by atoms with van der Waals surface area (Å²) in [6.07, 6.45) is 2.28. The van der Waals surface area contributed by atoms with Crippen molar-refractivity contribution in [2.75, 3.05) is 25.0 Å². The van der Waals surface area contributed by atoms with Gasteiger partial charge in [-0.1, -0.05) is 19.9 Å². The number of nitrogens with one attached hydrogen (secondary N) is 1. The number of carbonyl (C=O) groups excluding carboxylic acids is 2. The van der Waals surface area contributed by atoms with E-state index in [9.17, 15) is 23.2 Å². The van der Waals surface area contributed by atoms with Crippen LogP contribution in [0.3, 0.4) is 0 Å². The molecule has 10 heteroatoms. The van der Waals surface area contributed by atoms with Crippen LogP contribution >= 0.6 is 0 Å². The van der Waals surface area contributed by atoms with E-state index in [0.717, 1.165) is 12.4 Å². The molecule has 0 saturated heterocycles. The van der Waals surface area contributed by atoms with Gasteiger partial charge in [0, 0.05) is 30.9 Å². The summed E-state index contributed by atoms with van der Waals surface area (Å²) in [6, 6.07) is 7.10. The molecule has 2 rings (SSSR count). The largest absolute Gasteiger partial charge is 0.619 e. The number of nitrogens with zero attached hydrogens (tertiary/aromatic N) is 2. The number of amides is 1. The van der Waals surface area contributed by atoms with Crippen molar-refractivity contribution >= 4 is 27.6 Å². The molecule has 1 amide bonds. The molecule has 0 spiro atoms. The lowest BCUT2D eigenvalue weighted by atomic mass is 10.2. The number of esters is 1. The van der Waals surface area contributed by atoms with Crippen LogP contribution in [0.2, 0.25) is 0 Å². The van der Waals surface area contributed by atoms with Gasteiger partial charge in [-0.05, 0) is 24.6 Å². The number of anilines is 1. The molecule has 9 nitrogen and oxygen atoms in total. The van der Waals surface area contributed by atoms with Crippen molar-refractivity contribution in [2.45, 2.75) is 25.7 Å². The molecular weight excluding hydrogens is 398 g/mol. The first-order valence-corrected chi connectivity index (χ1v) is 10.4. The number of hydrogen-bond donors (Lipinski definition) is 1. The molecule has 29 heavy (non-hydrogen) atoms. The normalized spacial score (nSPS) is 11.3. The minimum atomic E-state index is -3.69. The molecule has 0 unspecified atom stereocenters. The van der Waals surface area contributed by atoms with Crippen molar-refractivity contribution in [1.82, 2.24) is 4.31 Å². The van der Waals surface area contributed by atoms with Gasteiger partial charge in [0.05, 0.1) is 10.5 Å². The molecule has 0 saturated carbocycles. The minimum absolute atomic E-state index is 0.103. The highest BCUT2D eigenvalue weighted by Crippen LogP contribution is 2.23. The van der Waals surface area contributed by atoms with Crippen LogP contribution < -0.4 is 10.0 Å². The Bertz CT molecular complexity index is 986. The Kier molecular flexibility index (Phi) is 7.29. The van der Waals surface area contributed by atoms with Gasteiger partial charge >= 0.3 is 5.97 Å². The van der Waals surface area contributed by atoms with E-state index in [4.69, 9.17) is 4.74 Å². The SMILES string of the molecule is CCN(CC)S(=O)(=O)c1cc(NC(=O)COC(=O)c2cc[n+]([O-])cc2)ccc1C. The summed E-state index contributed by atoms with van der Waals surface area (Å²) in [6.45, 7) is 5.28. The molecule has 2 aromatic rings. The van der Waals surface area contributed by atoms with E-state index in [1.54, 1.807) is 32.9 Å². The molecule has 0 radical (unpaired) electrons. The summed E-state index contributed by atoms with van der Waals surface area (Å²) < 4.78 is 32.3. The van der Waals surface area contributed by atoms with Gasteiger partial charge in [-0.3, -0.25) is 4.79 Å². The number of ether oxygens (including phenoxy) is 1. The van der Waals surface area contributed by atoms with Gasteiger partial charge in [-0.25, -0.2) is 13.2 Å². The molecular formula is C19H23N3O6S. The average molecular weight is 421 g/mol. The van der Waals surface area contributed by atoms with Crippen LogP contribution in [0, 0.1) is 12.1 Å². The van der Waals surface area contributed by atoms with Crippen LogP contribution in [0.4, 0.5) is 5.69 Å². The predicted molar refractivity (Wildman–Crippen MR) is 106 cm³/mol. The predicted octanol–water partition coefficient (Wildman–Crippen LogP) is 1.45. The molecule has 0 atom stereocenters. The maximum absolute atomic E-state index is 12.8. The Labute approximate surface area is 169 Å². The zero-order valence-electron chi connectivity index (χ0n) is 16.4. The smallest absolute Gasteiger partial charge is 0.339 e. The Hall–Kier alpha value is -2.98. The van der Waals surface area contributed by atoms with Gasteiger partial charge in [-0.15, -0.1) is 0 Å². The standard InChI is InChI=1S/C19H23N3O6S/c1-4-22(5-2)29(26,27)17-12-16(7-6-14(17)3)20-18(23)13-28-19(24)15-8-10-21(25)11-9-15/h6-12H,4-5,13H2,1-3H3,(H,20,23). The maximum Gasteiger partial charge on any atom is 0.339 e. The third-order valence-electron chi connectivity index (χ3n) is 4.17. The minimum Gasteiger partial charge on any atom is -0.619 e.